The Morgan fingerprint density at radius 3 is 2.32 bits per heavy atom. The summed E-state index contributed by atoms with van der Waals surface area (Å²) < 4.78 is 11.3. The first-order valence-corrected chi connectivity index (χ1v) is 8.61. The van der Waals surface area contributed by atoms with Gasteiger partial charge in [-0.1, -0.05) is 39.0 Å². The molecular weight excluding hydrogens is 314 g/mol. The molecule has 0 saturated heterocycles. The van der Waals surface area contributed by atoms with Gasteiger partial charge in [0, 0.05) is 5.69 Å². The number of anilines is 1. The van der Waals surface area contributed by atoms with Crippen LogP contribution in [0.5, 0.6) is 11.5 Å². The summed E-state index contributed by atoms with van der Waals surface area (Å²) in [5, 5.41) is 2.87. The minimum absolute atomic E-state index is 0.0537. The molecule has 0 aliphatic carbocycles. The summed E-state index contributed by atoms with van der Waals surface area (Å²) in [5.41, 5.74) is 1.74. The second-order valence-electron chi connectivity index (χ2n) is 6.95. The molecule has 4 heteroatoms. The van der Waals surface area contributed by atoms with Gasteiger partial charge in [-0.05, 0) is 55.2 Å². The van der Waals surface area contributed by atoms with Crippen LogP contribution in [0.3, 0.4) is 0 Å². The lowest BCUT2D eigenvalue weighted by atomic mass is 9.86. The van der Waals surface area contributed by atoms with Gasteiger partial charge in [0.2, 0.25) is 0 Å². The van der Waals surface area contributed by atoms with Crippen LogP contribution in [0.2, 0.25) is 0 Å². The minimum Gasteiger partial charge on any atom is -0.494 e. The van der Waals surface area contributed by atoms with Gasteiger partial charge in [-0.3, -0.25) is 4.79 Å². The fourth-order valence-electron chi connectivity index (χ4n) is 2.48. The third-order valence-corrected chi connectivity index (χ3v) is 3.80. The number of carbonyl (C=O) groups excluding carboxylic acids is 1. The maximum atomic E-state index is 12.4. The third kappa shape index (κ3) is 5.24. The smallest absolute Gasteiger partial charge is 0.265 e. The molecule has 1 N–H and O–H groups in total. The van der Waals surface area contributed by atoms with E-state index in [-0.39, 0.29) is 11.3 Å². The highest BCUT2D eigenvalue weighted by Crippen LogP contribution is 2.31. The molecule has 0 aromatic heterocycles. The molecule has 1 atom stereocenters. The van der Waals surface area contributed by atoms with Gasteiger partial charge in [-0.2, -0.15) is 0 Å². The number of carbonyl (C=O) groups is 1. The highest BCUT2D eigenvalue weighted by molar-refractivity contribution is 5.94. The van der Waals surface area contributed by atoms with E-state index in [0.29, 0.717) is 12.3 Å². The van der Waals surface area contributed by atoms with E-state index in [1.165, 1.54) is 0 Å². The van der Waals surface area contributed by atoms with Gasteiger partial charge in [-0.15, -0.1) is 0 Å². The Labute approximate surface area is 150 Å². The largest absolute Gasteiger partial charge is 0.494 e. The van der Waals surface area contributed by atoms with Gasteiger partial charge < -0.3 is 14.8 Å². The molecule has 0 spiro atoms. The van der Waals surface area contributed by atoms with E-state index in [0.717, 1.165) is 17.1 Å². The van der Waals surface area contributed by atoms with Crippen molar-refractivity contribution < 1.29 is 14.3 Å². The van der Waals surface area contributed by atoms with Crippen molar-refractivity contribution in [2.45, 2.75) is 46.1 Å². The molecule has 134 valence electrons. The standard InChI is InChI=1S/C21H27NO3/c1-6-24-17-13-11-16(12-14-17)22-20(23)15(2)25-19-10-8-7-9-18(19)21(3,4)5/h7-15H,6H2,1-5H3,(H,22,23). The molecule has 25 heavy (non-hydrogen) atoms. The Balaban J connectivity index is 2.03. The molecule has 2 rings (SSSR count). The van der Waals surface area contributed by atoms with Crippen molar-refractivity contribution >= 4 is 11.6 Å². The Morgan fingerprint density at radius 2 is 1.72 bits per heavy atom. The van der Waals surface area contributed by atoms with Crippen LogP contribution < -0.4 is 14.8 Å². The lowest BCUT2D eigenvalue weighted by molar-refractivity contribution is -0.122. The molecule has 0 heterocycles. The van der Waals surface area contributed by atoms with Crippen molar-refractivity contribution in [2.24, 2.45) is 0 Å². The quantitative estimate of drug-likeness (QED) is 0.822. The van der Waals surface area contributed by atoms with Crippen molar-refractivity contribution in [2.75, 3.05) is 11.9 Å². The SMILES string of the molecule is CCOc1ccc(NC(=O)C(C)Oc2ccccc2C(C)(C)C)cc1. The molecular formula is C21H27NO3. The van der Waals surface area contributed by atoms with Crippen molar-refractivity contribution in [1.82, 2.24) is 0 Å². The molecule has 2 aromatic rings. The maximum absolute atomic E-state index is 12.4. The number of hydrogen-bond donors (Lipinski definition) is 1. The monoisotopic (exact) mass is 341 g/mol. The molecule has 1 amide bonds. The summed E-state index contributed by atoms with van der Waals surface area (Å²) in [5.74, 6) is 1.33. The normalized spacial score (nSPS) is 12.4. The molecule has 0 aliphatic heterocycles. The van der Waals surface area contributed by atoms with E-state index in [2.05, 4.69) is 26.1 Å². The molecule has 0 aliphatic rings. The van der Waals surface area contributed by atoms with Crippen LogP contribution >= 0.6 is 0 Å². The number of rotatable bonds is 6. The second kappa shape index (κ2) is 8.06. The predicted octanol–water partition coefficient (Wildman–Crippen LogP) is 4.79. The molecule has 0 bridgehead atoms. The number of para-hydroxylation sites is 1. The minimum atomic E-state index is -0.602. The van der Waals surface area contributed by atoms with E-state index in [1.807, 2.05) is 55.5 Å². The molecule has 0 saturated carbocycles. The molecule has 2 aromatic carbocycles. The van der Waals surface area contributed by atoms with Gasteiger partial charge >= 0.3 is 0 Å². The Kier molecular flexibility index (Phi) is 6.07. The predicted molar refractivity (Wildman–Crippen MR) is 101 cm³/mol. The van der Waals surface area contributed by atoms with E-state index < -0.39 is 6.10 Å². The highest BCUT2D eigenvalue weighted by atomic mass is 16.5. The summed E-state index contributed by atoms with van der Waals surface area (Å²) in [6, 6.07) is 15.1. The third-order valence-electron chi connectivity index (χ3n) is 3.80. The van der Waals surface area contributed by atoms with Gasteiger partial charge in [-0.25, -0.2) is 0 Å². The van der Waals surface area contributed by atoms with Gasteiger partial charge in [0.25, 0.3) is 5.91 Å². The van der Waals surface area contributed by atoms with E-state index in [4.69, 9.17) is 9.47 Å². The highest BCUT2D eigenvalue weighted by Gasteiger charge is 2.22. The van der Waals surface area contributed by atoms with Gasteiger partial charge in [0.15, 0.2) is 6.10 Å². The first kappa shape index (κ1) is 18.8. The average molecular weight is 341 g/mol. The number of nitrogens with one attached hydrogen (secondary N) is 1. The molecule has 4 nitrogen and oxygen atoms in total. The van der Waals surface area contributed by atoms with Crippen LogP contribution in [-0.4, -0.2) is 18.6 Å². The molecule has 0 radical (unpaired) electrons. The Hall–Kier alpha value is -2.49. The van der Waals surface area contributed by atoms with Crippen molar-refractivity contribution in [3.05, 3.63) is 54.1 Å². The zero-order valence-electron chi connectivity index (χ0n) is 15.6. The lowest BCUT2D eigenvalue weighted by Crippen LogP contribution is -2.31. The number of benzene rings is 2. The number of hydrogen-bond acceptors (Lipinski definition) is 3. The van der Waals surface area contributed by atoms with Crippen LogP contribution in [0.25, 0.3) is 0 Å². The van der Waals surface area contributed by atoms with Crippen molar-refractivity contribution in [3.63, 3.8) is 0 Å². The van der Waals surface area contributed by atoms with Gasteiger partial charge in [0.05, 0.1) is 6.61 Å². The lowest BCUT2D eigenvalue weighted by Gasteiger charge is -2.24. The van der Waals surface area contributed by atoms with E-state index in [1.54, 1.807) is 6.92 Å². The van der Waals surface area contributed by atoms with Gasteiger partial charge in [0.1, 0.15) is 11.5 Å². The summed E-state index contributed by atoms with van der Waals surface area (Å²) >= 11 is 0. The van der Waals surface area contributed by atoms with Crippen LogP contribution in [0.1, 0.15) is 40.2 Å². The first-order valence-electron chi connectivity index (χ1n) is 8.61. The maximum Gasteiger partial charge on any atom is 0.265 e. The van der Waals surface area contributed by atoms with E-state index in [9.17, 15) is 4.79 Å². The molecule has 1 unspecified atom stereocenters. The summed E-state index contributed by atoms with van der Waals surface area (Å²) in [6.45, 7) is 10.7. The van der Waals surface area contributed by atoms with Crippen molar-refractivity contribution in [1.29, 1.82) is 0 Å². The van der Waals surface area contributed by atoms with Crippen LogP contribution in [0.4, 0.5) is 5.69 Å². The van der Waals surface area contributed by atoms with Crippen LogP contribution in [0, 0.1) is 0 Å². The van der Waals surface area contributed by atoms with Crippen molar-refractivity contribution in [3.8, 4) is 11.5 Å². The topological polar surface area (TPSA) is 47.6 Å². The van der Waals surface area contributed by atoms with E-state index >= 15 is 0 Å². The van der Waals surface area contributed by atoms with Crippen LogP contribution in [0.15, 0.2) is 48.5 Å². The second-order valence-corrected chi connectivity index (χ2v) is 6.95. The zero-order valence-corrected chi connectivity index (χ0v) is 15.6. The summed E-state index contributed by atoms with van der Waals surface area (Å²) in [4.78, 5) is 12.4. The average Bonchev–Trinajstić information content (AvgIpc) is 2.56. The summed E-state index contributed by atoms with van der Waals surface area (Å²) in [6.07, 6.45) is -0.602. The first-order chi connectivity index (χ1) is 11.8. The summed E-state index contributed by atoms with van der Waals surface area (Å²) in [7, 11) is 0. The van der Waals surface area contributed by atoms with Crippen LogP contribution in [-0.2, 0) is 10.2 Å². The number of ether oxygens (including phenoxy) is 2. The fraction of sp³-hybridized carbons (Fsp3) is 0.381. The Bertz CT molecular complexity index is 702. The Morgan fingerprint density at radius 1 is 1.08 bits per heavy atom. The fourth-order valence-corrected chi connectivity index (χ4v) is 2.48. The zero-order chi connectivity index (χ0) is 18.4. The number of amides is 1. The molecule has 0 fully saturated rings.